The number of esters is 1. The zero-order valence-corrected chi connectivity index (χ0v) is 18.6. The van der Waals surface area contributed by atoms with E-state index in [1.807, 2.05) is 6.07 Å². The van der Waals surface area contributed by atoms with E-state index in [0.29, 0.717) is 18.7 Å². The average molecular weight is 447 g/mol. The number of nitrogens with one attached hydrogen (secondary N) is 1. The second-order valence-corrected chi connectivity index (χ2v) is 8.69. The van der Waals surface area contributed by atoms with E-state index in [4.69, 9.17) is 4.74 Å². The number of hydrogen-bond acceptors (Lipinski definition) is 6. The summed E-state index contributed by atoms with van der Waals surface area (Å²) in [4.78, 5) is 36.2. The SMILES string of the molecule is CCN(CC)S(=O)(=O)c1cc(C(=O)OCC(=O)NC(=O)Cc2ccccc2)ccc1C. The molecule has 0 saturated heterocycles. The lowest BCUT2D eigenvalue weighted by molar-refractivity contribution is -0.132. The van der Waals surface area contributed by atoms with Gasteiger partial charge in [0, 0.05) is 13.1 Å². The third-order valence-electron chi connectivity index (χ3n) is 4.57. The summed E-state index contributed by atoms with van der Waals surface area (Å²) in [7, 11) is -3.76. The summed E-state index contributed by atoms with van der Waals surface area (Å²) in [5.41, 5.74) is 1.24. The smallest absolute Gasteiger partial charge is 0.338 e. The number of imide groups is 1. The normalized spacial score (nSPS) is 11.2. The zero-order valence-electron chi connectivity index (χ0n) is 17.8. The van der Waals surface area contributed by atoms with Crippen molar-refractivity contribution in [3.8, 4) is 0 Å². The first-order chi connectivity index (χ1) is 14.7. The Morgan fingerprint density at radius 3 is 2.23 bits per heavy atom. The van der Waals surface area contributed by atoms with Gasteiger partial charge in [-0.05, 0) is 30.2 Å². The van der Waals surface area contributed by atoms with Crippen LogP contribution in [-0.4, -0.2) is 50.2 Å². The van der Waals surface area contributed by atoms with E-state index in [1.165, 1.54) is 22.5 Å². The third-order valence-corrected chi connectivity index (χ3v) is 6.76. The van der Waals surface area contributed by atoms with Crippen molar-refractivity contribution in [2.75, 3.05) is 19.7 Å². The lowest BCUT2D eigenvalue weighted by atomic mass is 10.1. The summed E-state index contributed by atoms with van der Waals surface area (Å²) >= 11 is 0. The van der Waals surface area contributed by atoms with Crippen LogP contribution in [0.5, 0.6) is 0 Å². The summed E-state index contributed by atoms with van der Waals surface area (Å²) in [5.74, 6) is -2.14. The Labute approximate surface area is 182 Å². The molecule has 0 heterocycles. The van der Waals surface area contributed by atoms with Crippen LogP contribution in [0.2, 0.25) is 0 Å². The molecule has 0 spiro atoms. The maximum atomic E-state index is 12.8. The fourth-order valence-corrected chi connectivity index (χ4v) is 4.65. The molecule has 2 rings (SSSR count). The molecule has 0 saturated carbocycles. The van der Waals surface area contributed by atoms with Crippen molar-refractivity contribution in [3.63, 3.8) is 0 Å². The standard InChI is InChI=1S/C22H26N2O6S/c1-4-24(5-2)31(28,29)19-14-18(12-11-16(19)3)22(27)30-15-21(26)23-20(25)13-17-9-7-6-8-10-17/h6-12,14H,4-5,13,15H2,1-3H3,(H,23,25,26). The topological polar surface area (TPSA) is 110 Å². The molecule has 0 radical (unpaired) electrons. The molecule has 2 amide bonds. The number of sulfonamides is 1. The van der Waals surface area contributed by atoms with Crippen LogP contribution < -0.4 is 5.32 Å². The van der Waals surface area contributed by atoms with E-state index in [2.05, 4.69) is 5.32 Å². The van der Waals surface area contributed by atoms with Crippen molar-refractivity contribution in [2.45, 2.75) is 32.1 Å². The molecular weight excluding hydrogens is 420 g/mol. The fraction of sp³-hybridized carbons (Fsp3) is 0.318. The molecule has 31 heavy (non-hydrogen) atoms. The number of carbonyl (C=O) groups is 3. The number of carbonyl (C=O) groups excluding carboxylic acids is 3. The predicted molar refractivity (Wildman–Crippen MR) is 115 cm³/mol. The van der Waals surface area contributed by atoms with Crippen LogP contribution in [0.25, 0.3) is 0 Å². The van der Waals surface area contributed by atoms with Gasteiger partial charge in [-0.25, -0.2) is 13.2 Å². The minimum absolute atomic E-state index is 0.000238. The molecule has 0 atom stereocenters. The van der Waals surface area contributed by atoms with Gasteiger partial charge < -0.3 is 4.74 Å². The van der Waals surface area contributed by atoms with Gasteiger partial charge in [0.05, 0.1) is 16.9 Å². The molecule has 0 aliphatic heterocycles. The van der Waals surface area contributed by atoms with Gasteiger partial charge in [0.25, 0.3) is 5.91 Å². The van der Waals surface area contributed by atoms with E-state index < -0.39 is 34.4 Å². The zero-order chi connectivity index (χ0) is 23.0. The van der Waals surface area contributed by atoms with Gasteiger partial charge in [-0.3, -0.25) is 14.9 Å². The van der Waals surface area contributed by atoms with Crippen molar-refractivity contribution in [2.24, 2.45) is 0 Å². The van der Waals surface area contributed by atoms with Crippen molar-refractivity contribution in [1.29, 1.82) is 0 Å². The number of rotatable bonds is 9. The quantitative estimate of drug-likeness (QED) is 0.591. The van der Waals surface area contributed by atoms with Crippen LogP contribution in [0.4, 0.5) is 0 Å². The van der Waals surface area contributed by atoms with Crippen molar-refractivity contribution in [1.82, 2.24) is 9.62 Å². The highest BCUT2D eigenvalue weighted by atomic mass is 32.2. The van der Waals surface area contributed by atoms with E-state index in [-0.39, 0.29) is 16.9 Å². The molecule has 2 aromatic carbocycles. The average Bonchev–Trinajstić information content (AvgIpc) is 2.73. The molecule has 0 unspecified atom stereocenters. The molecule has 1 N–H and O–H groups in total. The highest BCUT2D eigenvalue weighted by molar-refractivity contribution is 7.89. The maximum Gasteiger partial charge on any atom is 0.338 e. The van der Waals surface area contributed by atoms with E-state index in [1.54, 1.807) is 45.0 Å². The largest absolute Gasteiger partial charge is 0.452 e. The number of amides is 2. The minimum Gasteiger partial charge on any atom is -0.452 e. The van der Waals surface area contributed by atoms with Crippen LogP contribution in [0.15, 0.2) is 53.4 Å². The second-order valence-electron chi connectivity index (χ2n) is 6.78. The van der Waals surface area contributed by atoms with Gasteiger partial charge in [0.2, 0.25) is 15.9 Å². The highest BCUT2D eigenvalue weighted by Gasteiger charge is 2.25. The van der Waals surface area contributed by atoms with E-state index in [9.17, 15) is 22.8 Å². The fourth-order valence-electron chi connectivity index (χ4n) is 2.94. The first-order valence-corrected chi connectivity index (χ1v) is 11.3. The Bertz CT molecular complexity index is 1050. The van der Waals surface area contributed by atoms with Crippen LogP contribution in [0.3, 0.4) is 0 Å². The second kappa shape index (κ2) is 10.8. The number of hydrogen-bond donors (Lipinski definition) is 1. The molecule has 0 aromatic heterocycles. The van der Waals surface area contributed by atoms with Gasteiger partial charge in [-0.2, -0.15) is 4.31 Å². The summed E-state index contributed by atoms with van der Waals surface area (Å²) in [5, 5.41) is 2.15. The van der Waals surface area contributed by atoms with Gasteiger partial charge in [-0.15, -0.1) is 0 Å². The van der Waals surface area contributed by atoms with Crippen molar-refractivity contribution >= 4 is 27.8 Å². The Hall–Kier alpha value is -3.04. The lowest BCUT2D eigenvalue weighted by Crippen LogP contribution is -2.35. The Morgan fingerprint density at radius 2 is 1.61 bits per heavy atom. The Morgan fingerprint density at radius 1 is 0.968 bits per heavy atom. The highest BCUT2D eigenvalue weighted by Crippen LogP contribution is 2.21. The Balaban J connectivity index is 2.01. The van der Waals surface area contributed by atoms with E-state index >= 15 is 0 Å². The van der Waals surface area contributed by atoms with Crippen LogP contribution in [-0.2, 0) is 30.8 Å². The van der Waals surface area contributed by atoms with Crippen LogP contribution in [0.1, 0.15) is 35.3 Å². The molecule has 0 aliphatic rings. The van der Waals surface area contributed by atoms with Gasteiger partial charge >= 0.3 is 5.97 Å². The first-order valence-electron chi connectivity index (χ1n) is 9.83. The number of benzene rings is 2. The minimum atomic E-state index is -3.76. The summed E-state index contributed by atoms with van der Waals surface area (Å²) in [6.45, 7) is 5.02. The number of ether oxygens (including phenoxy) is 1. The monoisotopic (exact) mass is 446 g/mol. The summed E-state index contributed by atoms with van der Waals surface area (Å²) in [6, 6.07) is 13.1. The Kier molecular flexibility index (Phi) is 8.47. The molecule has 0 aliphatic carbocycles. The molecule has 8 nitrogen and oxygen atoms in total. The lowest BCUT2D eigenvalue weighted by Gasteiger charge is -2.20. The summed E-state index contributed by atoms with van der Waals surface area (Å²) < 4.78 is 31.8. The molecule has 2 aromatic rings. The number of nitrogens with zero attached hydrogens (tertiary/aromatic N) is 1. The van der Waals surface area contributed by atoms with Crippen molar-refractivity contribution < 1.29 is 27.5 Å². The molecule has 0 fully saturated rings. The predicted octanol–water partition coefficient (Wildman–Crippen LogP) is 2.07. The van der Waals surface area contributed by atoms with Gasteiger partial charge in [0.1, 0.15) is 0 Å². The number of aryl methyl sites for hydroxylation is 1. The molecule has 0 bridgehead atoms. The summed E-state index contributed by atoms with van der Waals surface area (Å²) in [6.07, 6.45) is 0.0189. The third kappa shape index (κ3) is 6.47. The first kappa shape index (κ1) is 24.2. The van der Waals surface area contributed by atoms with Gasteiger partial charge in [0.15, 0.2) is 6.61 Å². The van der Waals surface area contributed by atoms with Crippen LogP contribution in [0, 0.1) is 6.92 Å². The molecule has 166 valence electrons. The molecular formula is C22H26N2O6S. The van der Waals surface area contributed by atoms with Crippen LogP contribution >= 0.6 is 0 Å². The van der Waals surface area contributed by atoms with E-state index in [0.717, 1.165) is 5.56 Å². The molecule has 9 heteroatoms. The maximum absolute atomic E-state index is 12.8. The van der Waals surface area contributed by atoms with Crippen molar-refractivity contribution in [3.05, 3.63) is 65.2 Å². The van der Waals surface area contributed by atoms with Gasteiger partial charge in [-0.1, -0.05) is 50.2 Å².